The summed E-state index contributed by atoms with van der Waals surface area (Å²) in [4.78, 5) is 34.3. The van der Waals surface area contributed by atoms with Gasteiger partial charge in [-0.3, -0.25) is 14.6 Å². The number of hydrogen-bond donors (Lipinski definition) is 0. The lowest BCUT2D eigenvalue weighted by Gasteiger charge is -2.35. The van der Waals surface area contributed by atoms with Crippen LogP contribution in [0, 0.1) is 6.92 Å². The number of ether oxygens (including phenoxy) is 1. The van der Waals surface area contributed by atoms with Gasteiger partial charge in [-0.15, -0.1) is 11.8 Å². The molecule has 170 valence electrons. The van der Waals surface area contributed by atoms with Crippen LogP contribution in [-0.2, 0) is 11.2 Å². The second-order valence-electron chi connectivity index (χ2n) is 8.84. The van der Waals surface area contributed by atoms with E-state index in [0.717, 1.165) is 27.5 Å². The molecule has 2 aliphatic heterocycles. The lowest BCUT2D eigenvalue weighted by molar-refractivity contribution is -0.0586. The second-order valence-corrected chi connectivity index (χ2v) is 10.1. The van der Waals surface area contributed by atoms with Crippen molar-refractivity contribution in [2.75, 3.05) is 13.1 Å². The minimum Gasteiger partial charge on any atom is -0.372 e. The van der Waals surface area contributed by atoms with Gasteiger partial charge in [-0.2, -0.15) is 0 Å². The number of carbonyl (C=O) groups is 1. The molecule has 4 heterocycles. The molecule has 0 spiro atoms. The SMILES string of the molecule is Cc1cc(=O)c(C(=O)N2C[C@@H](C)O[C@@H](C)C2)c2n1-c1ccccc1S[C@H](c1cccnc1)C2. The molecular formula is C26H27N3O3S. The van der Waals surface area contributed by atoms with E-state index in [4.69, 9.17) is 4.74 Å². The first-order chi connectivity index (χ1) is 15.9. The van der Waals surface area contributed by atoms with Crippen LogP contribution in [0.25, 0.3) is 5.69 Å². The molecule has 3 aromatic rings. The first-order valence-corrected chi connectivity index (χ1v) is 12.2. The highest BCUT2D eigenvalue weighted by Crippen LogP contribution is 2.44. The van der Waals surface area contributed by atoms with E-state index in [9.17, 15) is 9.59 Å². The molecule has 5 rings (SSSR count). The van der Waals surface area contributed by atoms with Gasteiger partial charge in [0, 0.05) is 59.5 Å². The summed E-state index contributed by atoms with van der Waals surface area (Å²) in [6.45, 7) is 6.82. The number of morpholine rings is 1. The van der Waals surface area contributed by atoms with Gasteiger partial charge in [0.1, 0.15) is 5.56 Å². The van der Waals surface area contributed by atoms with Crippen molar-refractivity contribution in [3.63, 3.8) is 0 Å². The number of pyridine rings is 2. The van der Waals surface area contributed by atoms with Crippen molar-refractivity contribution in [2.24, 2.45) is 0 Å². The minimum atomic E-state index is -0.218. The Morgan fingerprint density at radius 2 is 1.88 bits per heavy atom. The highest BCUT2D eigenvalue weighted by atomic mass is 32.2. The number of aromatic nitrogens is 2. The van der Waals surface area contributed by atoms with Crippen LogP contribution in [-0.4, -0.2) is 45.7 Å². The van der Waals surface area contributed by atoms with E-state index in [1.54, 1.807) is 28.9 Å². The lowest BCUT2D eigenvalue weighted by atomic mass is 10.0. The summed E-state index contributed by atoms with van der Waals surface area (Å²) in [5.41, 5.74) is 3.72. The molecule has 7 heteroatoms. The summed E-state index contributed by atoms with van der Waals surface area (Å²) in [5, 5.41) is 0.0314. The minimum absolute atomic E-state index is 0.0314. The molecule has 2 aromatic heterocycles. The summed E-state index contributed by atoms with van der Waals surface area (Å²) in [6, 6.07) is 13.8. The second kappa shape index (κ2) is 8.80. The number of hydrogen-bond acceptors (Lipinski definition) is 5. The molecule has 1 fully saturated rings. The Kier molecular flexibility index (Phi) is 5.85. The van der Waals surface area contributed by atoms with Crippen molar-refractivity contribution in [3.8, 4) is 5.69 Å². The molecule has 33 heavy (non-hydrogen) atoms. The average molecular weight is 462 g/mol. The molecule has 0 N–H and O–H groups in total. The number of para-hydroxylation sites is 1. The number of benzene rings is 1. The lowest BCUT2D eigenvalue weighted by Crippen LogP contribution is -2.49. The van der Waals surface area contributed by atoms with Gasteiger partial charge in [-0.25, -0.2) is 0 Å². The zero-order valence-electron chi connectivity index (χ0n) is 19.0. The summed E-state index contributed by atoms with van der Waals surface area (Å²) < 4.78 is 7.92. The van der Waals surface area contributed by atoms with Crippen LogP contribution in [0.5, 0.6) is 0 Å². The normalized spacial score (nSPS) is 22.3. The summed E-state index contributed by atoms with van der Waals surface area (Å²) >= 11 is 1.75. The number of amides is 1. The van der Waals surface area contributed by atoms with Crippen molar-refractivity contribution in [3.05, 3.63) is 87.6 Å². The predicted molar refractivity (Wildman–Crippen MR) is 129 cm³/mol. The highest BCUT2D eigenvalue weighted by Gasteiger charge is 2.33. The topological polar surface area (TPSA) is 64.4 Å². The van der Waals surface area contributed by atoms with Crippen LogP contribution in [0.3, 0.4) is 0 Å². The van der Waals surface area contributed by atoms with E-state index < -0.39 is 0 Å². The van der Waals surface area contributed by atoms with Crippen molar-refractivity contribution >= 4 is 17.7 Å². The van der Waals surface area contributed by atoms with E-state index in [1.165, 1.54) is 0 Å². The molecule has 1 saturated heterocycles. The Labute approximate surface area is 197 Å². The van der Waals surface area contributed by atoms with Gasteiger partial charge in [-0.05, 0) is 44.5 Å². The van der Waals surface area contributed by atoms with E-state index in [-0.39, 0.29) is 34.4 Å². The Bertz CT molecular complexity index is 1250. The Morgan fingerprint density at radius 1 is 1.12 bits per heavy atom. The standard InChI is InChI=1S/C26H27N3O3S/c1-16-11-22(30)25(26(31)28-14-17(2)32-18(3)15-28)21-12-24(19-7-6-10-27-13-19)33-23-9-5-4-8-20(23)29(16)21/h4-11,13,17-18,24H,12,14-15H2,1-3H3/t17-,18+,24-/m0/s1. The molecule has 0 bridgehead atoms. The van der Waals surface area contributed by atoms with Crippen LogP contribution in [0.4, 0.5) is 0 Å². The number of carbonyl (C=O) groups excluding carboxylic acids is 1. The largest absolute Gasteiger partial charge is 0.372 e. The maximum atomic E-state index is 13.8. The number of nitrogens with zero attached hydrogens (tertiary/aromatic N) is 3. The van der Waals surface area contributed by atoms with Crippen LogP contribution < -0.4 is 5.43 Å². The third-order valence-corrected chi connectivity index (χ3v) is 7.55. The predicted octanol–water partition coefficient (Wildman–Crippen LogP) is 4.18. The van der Waals surface area contributed by atoms with E-state index >= 15 is 0 Å². The number of aryl methyl sites for hydroxylation is 1. The summed E-state index contributed by atoms with van der Waals surface area (Å²) in [6.07, 6.45) is 4.06. The van der Waals surface area contributed by atoms with Crippen LogP contribution in [0.1, 0.15) is 46.4 Å². The zero-order chi connectivity index (χ0) is 23.1. The Morgan fingerprint density at radius 3 is 2.61 bits per heavy atom. The van der Waals surface area contributed by atoms with E-state index in [2.05, 4.69) is 27.8 Å². The van der Waals surface area contributed by atoms with Gasteiger partial charge < -0.3 is 14.2 Å². The molecule has 2 aliphatic rings. The van der Waals surface area contributed by atoms with Crippen molar-refractivity contribution in [1.82, 2.24) is 14.5 Å². The molecule has 1 amide bonds. The number of thioether (sulfide) groups is 1. The Hall–Kier alpha value is -2.90. The third kappa shape index (κ3) is 4.11. The molecular weight excluding hydrogens is 434 g/mol. The van der Waals surface area contributed by atoms with Gasteiger partial charge in [0.2, 0.25) is 0 Å². The summed E-state index contributed by atoms with van der Waals surface area (Å²) in [5.74, 6) is -0.208. The summed E-state index contributed by atoms with van der Waals surface area (Å²) in [7, 11) is 0. The molecule has 1 aromatic carbocycles. The third-order valence-electron chi connectivity index (χ3n) is 6.23. The van der Waals surface area contributed by atoms with Gasteiger partial charge in [0.05, 0.1) is 17.9 Å². The quantitative estimate of drug-likeness (QED) is 0.573. The first kappa shape index (κ1) is 21.9. The van der Waals surface area contributed by atoms with Gasteiger partial charge >= 0.3 is 0 Å². The molecule has 0 radical (unpaired) electrons. The van der Waals surface area contributed by atoms with E-state index in [0.29, 0.717) is 19.5 Å². The smallest absolute Gasteiger partial charge is 0.259 e. The fourth-order valence-corrected chi connectivity index (χ4v) is 6.18. The fraction of sp³-hybridized carbons (Fsp3) is 0.346. The molecule has 0 unspecified atom stereocenters. The maximum absolute atomic E-state index is 13.8. The van der Waals surface area contributed by atoms with Crippen molar-refractivity contribution < 1.29 is 9.53 Å². The van der Waals surface area contributed by atoms with Crippen LogP contribution in [0.15, 0.2) is 64.5 Å². The van der Waals surface area contributed by atoms with Gasteiger partial charge in [0.25, 0.3) is 5.91 Å². The van der Waals surface area contributed by atoms with Crippen LogP contribution >= 0.6 is 11.8 Å². The molecule has 0 saturated carbocycles. The Balaban J connectivity index is 1.70. The number of rotatable bonds is 2. The van der Waals surface area contributed by atoms with Gasteiger partial charge in [0.15, 0.2) is 5.43 Å². The number of fused-ring (bicyclic) bond motifs is 3. The van der Waals surface area contributed by atoms with Crippen molar-refractivity contribution in [1.29, 1.82) is 0 Å². The first-order valence-electron chi connectivity index (χ1n) is 11.3. The average Bonchev–Trinajstić information content (AvgIpc) is 2.96. The highest BCUT2D eigenvalue weighted by molar-refractivity contribution is 7.99. The molecule has 0 aliphatic carbocycles. The fourth-order valence-electron chi connectivity index (χ4n) is 4.92. The zero-order valence-corrected chi connectivity index (χ0v) is 19.8. The maximum Gasteiger partial charge on any atom is 0.259 e. The van der Waals surface area contributed by atoms with Crippen LogP contribution in [0.2, 0.25) is 0 Å². The van der Waals surface area contributed by atoms with Crippen molar-refractivity contribution in [2.45, 2.75) is 49.5 Å². The molecule has 6 nitrogen and oxygen atoms in total. The van der Waals surface area contributed by atoms with Gasteiger partial charge in [-0.1, -0.05) is 18.2 Å². The molecule has 3 atom stereocenters. The monoisotopic (exact) mass is 461 g/mol. The van der Waals surface area contributed by atoms with E-state index in [1.807, 2.05) is 45.2 Å².